The number of aryl methyl sites for hydroxylation is 2. The molecule has 0 N–H and O–H groups in total. The van der Waals surface area contributed by atoms with Crippen molar-refractivity contribution in [2.24, 2.45) is 4.99 Å². The van der Waals surface area contributed by atoms with Crippen LogP contribution in [-0.4, -0.2) is 62.2 Å². The number of pyridine rings is 1. The maximum Gasteiger partial charge on any atom is 0.188 e. The molecule has 4 rings (SSSR count). The summed E-state index contributed by atoms with van der Waals surface area (Å²) in [6.07, 6.45) is 5.81. The van der Waals surface area contributed by atoms with Crippen LogP contribution >= 0.6 is 0 Å². The zero-order valence-corrected chi connectivity index (χ0v) is 19.4. The van der Waals surface area contributed by atoms with Crippen molar-refractivity contribution in [3.05, 3.63) is 64.5 Å². The van der Waals surface area contributed by atoms with Crippen LogP contribution < -0.4 is 4.74 Å². The Kier molecular flexibility index (Phi) is 7.86. The average molecular weight is 450 g/mol. The molecule has 1 aromatic heterocycles. The third-order valence-electron chi connectivity index (χ3n) is 5.94. The number of amidine groups is 1. The normalized spacial score (nSPS) is 16.5. The van der Waals surface area contributed by atoms with Gasteiger partial charge in [-0.05, 0) is 55.0 Å². The van der Waals surface area contributed by atoms with E-state index in [0.29, 0.717) is 26.1 Å². The van der Waals surface area contributed by atoms with E-state index in [2.05, 4.69) is 24.0 Å². The molecular formula is C26H31N3O4. The molecule has 3 heterocycles. The highest BCUT2D eigenvalue weighted by Crippen LogP contribution is 2.30. The Morgan fingerprint density at radius 2 is 2.03 bits per heavy atom. The second-order valence-corrected chi connectivity index (χ2v) is 8.30. The molecule has 33 heavy (non-hydrogen) atoms. The summed E-state index contributed by atoms with van der Waals surface area (Å²) < 4.78 is 16.3. The molecule has 2 aliphatic rings. The first kappa shape index (κ1) is 23.1. The van der Waals surface area contributed by atoms with Gasteiger partial charge in [0.05, 0.1) is 18.9 Å². The summed E-state index contributed by atoms with van der Waals surface area (Å²) in [5.74, 6) is 1.63. The molecule has 0 spiro atoms. The van der Waals surface area contributed by atoms with Gasteiger partial charge in [-0.3, -0.25) is 4.98 Å². The molecule has 0 unspecified atom stereocenters. The molecule has 7 heteroatoms. The van der Waals surface area contributed by atoms with Crippen LogP contribution in [-0.2, 0) is 27.1 Å². The number of aldehydes is 1. The number of aromatic nitrogens is 1. The Hall–Kier alpha value is -3.03. The van der Waals surface area contributed by atoms with Gasteiger partial charge in [0.25, 0.3) is 0 Å². The first-order chi connectivity index (χ1) is 16.2. The van der Waals surface area contributed by atoms with Crippen LogP contribution in [0.4, 0.5) is 0 Å². The third-order valence-corrected chi connectivity index (χ3v) is 5.94. The maximum atomic E-state index is 10.8. The molecule has 1 saturated heterocycles. The fourth-order valence-corrected chi connectivity index (χ4v) is 4.18. The van der Waals surface area contributed by atoms with Crippen molar-refractivity contribution in [3.63, 3.8) is 0 Å². The predicted molar refractivity (Wildman–Crippen MR) is 127 cm³/mol. The average Bonchev–Trinajstić information content (AvgIpc) is 2.85. The summed E-state index contributed by atoms with van der Waals surface area (Å²) in [5.41, 5.74) is 6.37. The van der Waals surface area contributed by atoms with Crippen molar-refractivity contribution >= 4 is 17.8 Å². The quantitative estimate of drug-likeness (QED) is 0.475. The van der Waals surface area contributed by atoms with Crippen molar-refractivity contribution in [1.82, 2.24) is 9.88 Å². The van der Waals surface area contributed by atoms with Crippen LogP contribution in [0.3, 0.4) is 0 Å². The molecule has 0 saturated carbocycles. The number of hydrogen-bond acceptors (Lipinski definition) is 7. The summed E-state index contributed by atoms with van der Waals surface area (Å²) in [6.45, 7) is 5.24. The highest BCUT2D eigenvalue weighted by Gasteiger charge is 2.24. The molecular weight excluding hydrogens is 418 g/mol. The van der Waals surface area contributed by atoms with Gasteiger partial charge in [0, 0.05) is 38.4 Å². The minimum absolute atomic E-state index is 0.202. The van der Waals surface area contributed by atoms with Crippen molar-refractivity contribution in [2.75, 3.05) is 40.2 Å². The number of allylic oxidation sites excluding steroid dienone is 1. The second kappa shape index (κ2) is 11.2. The van der Waals surface area contributed by atoms with Crippen molar-refractivity contribution in [3.8, 4) is 5.75 Å². The number of carbonyl (C=O) groups is 1. The molecule has 1 aromatic carbocycles. The number of benzene rings is 1. The lowest BCUT2D eigenvalue weighted by atomic mass is 9.96. The van der Waals surface area contributed by atoms with Gasteiger partial charge < -0.3 is 23.9 Å². The van der Waals surface area contributed by atoms with E-state index in [0.717, 1.165) is 66.3 Å². The lowest BCUT2D eigenvalue weighted by Gasteiger charge is -2.31. The van der Waals surface area contributed by atoms with Crippen LogP contribution in [0.25, 0.3) is 5.70 Å². The topological polar surface area (TPSA) is 73.2 Å². The summed E-state index contributed by atoms with van der Waals surface area (Å²) in [6, 6.07) is 10.2. The number of ether oxygens (including phenoxy) is 3. The third kappa shape index (κ3) is 5.67. The summed E-state index contributed by atoms with van der Waals surface area (Å²) in [5, 5.41) is 0. The Bertz CT molecular complexity index is 1040. The molecule has 0 bridgehead atoms. The van der Waals surface area contributed by atoms with E-state index in [9.17, 15) is 4.79 Å². The van der Waals surface area contributed by atoms with Crippen LogP contribution in [0, 0.1) is 0 Å². The first-order valence-electron chi connectivity index (χ1n) is 11.4. The Balaban J connectivity index is 1.77. The van der Waals surface area contributed by atoms with Crippen LogP contribution in [0.2, 0.25) is 0 Å². The highest BCUT2D eigenvalue weighted by atomic mass is 16.7. The van der Waals surface area contributed by atoms with Gasteiger partial charge in [-0.25, -0.2) is 4.99 Å². The van der Waals surface area contributed by atoms with Gasteiger partial charge in [-0.1, -0.05) is 18.2 Å². The fourth-order valence-electron chi connectivity index (χ4n) is 4.18. The van der Waals surface area contributed by atoms with Crippen molar-refractivity contribution in [2.45, 2.75) is 32.6 Å². The molecule has 1 fully saturated rings. The predicted octanol–water partition coefficient (Wildman–Crippen LogP) is 3.65. The number of nitrogens with zero attached hydrogens (tertiary/aromatic N) is 3. The van der Waals surface area contributed by atoms with Crippen LogP contribution in [0.5, 0.6) is 5.75 Å². The fraction of sp³-hybridized carbons (Fsp3) is 0.423. The number of aliphatic imine (C=N–C) groups is 1. The molecule has 174 valence electrons. The maximum absolute atomic E-state index is 10.8. The van der Waals surface area contributed by atoms with E-state index < -0.39 is 0 Å². The smallest absolute Gasteiger partial charge is 0.188 e. The van der Waals surface area contributed by atoms with Gasteiger partial charge in [0.2, 0.25) is 0 Å². The van der Waals surface area contributed by atoms with Crippen LogP contribution in [0.15, 0.2) is 47.1 Å². The Morgan fingerprint density at radius 3 is 2.82 bits per heavy atom. The van der Waals surface area contributed by atoms with Gasteiger partial charge >= 0.3 is 0 Å². The number of morpholine rings is 1. The molecule has 0 atom stereocenters. The van der Waals surface area contributed by atoms with Gasteiger partial charge in [0.1, 0.15) is 17.7 Å². The largest absolute Gasteiger partial charge is 0.468 e. The van der Waals surface area contributed by atoms with E-state index in [1.807, 2.05) is 24.4 Å². The van der Waals surface area contributed by atoms with Crippen molar-refractivity contribution in [1.29, 1.82) is 0 Å². The zero-order chi connectivity index (χ0) is 23.0. The molecule has 7 nitrogen and oxygen atoms in total. The number of carbonyl (C=O) groups excluding carboxylic acids is 1. The zero-order valence-electron chi connectivity index (χ0n) is 19.4. The van der Waals surface area contributed by atoms with Gasteiger partial charge in [-0.15, -0.1) is 0 Å². The van der Waals surface area contributed by atoms with E-state index >= 15 is 0 Å². The summed E-state index contributed by atoms with van der Waals surface area (Å²) in [7, 11) is 1.61. The Morgan fingerprint density at radius 1 is 1.18 bits per heavy atom. The number of rotatable bonds is 7. The number of hydrogen-bond donors (Lipinski definition) is 0. The van der Waals surface area contributed by atoms with Crippen molar-refractivity contribution < 1.29 is 19.0 Å². The standard InChI is InChI=1S/C26H31N3O4/c1-19-8-9-22-15-20(5-4-12-30)17-27-25(22)26(29-10-13-32-14-11-29)28-24(19)21-6-3-7-23(16-21)33-18-31-2/h3,6-7,12,15-17H,4-5,8-11,13-14,18H2,1-2H3. The Labute approximate surface area is 195 Å². The minimum Gasteiger partial charge on any atom is -0.468 e. The SMILES string of the molecule is COCOc1cccc(C2=C(C)CCc3cc(CCC=O)cnc3C(N3CCOCC3)=N2)c1. The minimum atomic E-state index is 0.202. The molecule has 0 amide bonds. The molecule has 2 aromatic rings. The van der Waals surface area contributed by atoms with E-state index in [4.69, 9.17) is 24.2 Å². The lowest BCUT2D eigenvalue weighted by Crippen LogP contribution is -2.42. The second-order valence-electron chi connectivity index (χ2n) is 8.30. The lowest BCUT2D eigenvalue weighted by molar-refractivity contribution is -0.107. The summed E-state index contributed by atoms with van der Waals surface area (Å²) in [4.78, 5) is 23.2. The van der Waals surface area contributed by atoms with Gasteiger partial charge in [0.15, 0.2) is 12.6 Å². The number of methoxy groups -OCH3 is 1. The van der Waals surface area contributed by atoms with E-state index in [-0.39, 0.29) is 6.79 Å². The monoisotopic (exact) mass is 449 g/mol. The molecule has 2 aliphatic heterocycles. The molecule has 0 aliphatic carbocycles. The first-order valence-corrected chi connectivity index (χ1v) is 11.4. The number of fused-ring (bicyclic) bond motifs is 1. The highest BCUT2D eigenvalue weighted by molar-refractivity contribution is 6.02. The van der Waals surface area contributed by atoms with Gasteiger partial charge in [-0.2, -0.15) is 0 Å². The van der Waals surface area contributed by atoms with E-state index in [1.54, 1.807) is 7.11 Å². The molecule has 0 radical (unpaired) electrons. The summed E-state index contributed by atoms with van der Waals surface area (Å²) >= 11 is 0. The van der Waals surface area contributed by atoms with E-state index in [1.165, 1.54) is 11.1 Å². The van der Waals surface area contributed by atoms with Crippen LogP contribution in [0.1, 0.15) is 42.1 Å².